The lowest BCUT2D eigenvalue weighted by Crippen LogP contribution is -2.04. The number of anilines is 1. The first-order chi connectivity index (χ1) is 6.31. The molecule has 2 rings (SSSR count). The molecule has 0 spiro atoms. The second kappa shape index (κ2) is 3.09. The molecule has 0 fully saturated rings. The molecule has 0 saturated carbocycles. The van der Waals surface area contributed by atoms with Gasteiger partial charge in [0.1, 0.15) is 5.75 Å². The van der Waals surface area contributed by atoms with E-state index in [1.807, 2.05) is 25.1 Å². The number of carbonyl (C=O) groups excluding carboxylic acids is 1. The Balaban J connectivity index is 2.39. The average Bonchev–Trinajstić information content (AvgIpc) is 2.47. The number of carbonyl (C=O) groups is 1. The number of benzene rings is 1. The molecule has 3 nitrogen and oxygen atoms in total. The number of nitrogens with one attached hydrogen (secondary N) is 1. The molecule has 1 N–H and O–H groups in total. The number of rotatable bonds is 2. The molecule has 1 amide bonds. The van der Waals surface area contributed by atoms with E-state index in [9.17, 15) is 4.79 Å². The summed E-state index contributed by atoms with van der Waals surface area (Å²) in [5.41, 5.74) is 1.87. The third-order valence-corrected chi connectivity index (χ3v) is 2.03. The Hall–Kier alpha value is -1.51. The number of ether oxygens (including phenoxy) is 1. The van der Waals surface area contributed by atoms with E-state index in [4.69, 9.17) is 4.74 Å². The van der Waals surface area contributed by atoms with Crippen molar-refractivity contribution in [3.63, 3.8) is 0 Å². The molecule has 1 aromatic carbocycles. The maximum atomic E-state index is 11.1. The maximum Gasteiger partial charge on any atom is 0.228 e. The van der Waals surface area contributed by atoms with Crippen LogP contribution in [0.3, 0.4) is 0 Å². The average molecular weight is 177 g/mol. The van der Waals surface area contributed by atoms with Gasteiger partial charge >= 0.3 is 0 Å². The molecular formula is C10H11NO2. The Bertz CT molecular complexity index is 347. The van der Waals surface area contributed by atoms with Gasteiger partial charge in [-0.15, -0.1) is 0 Å². The lowest BCUT2D eigenvalue weighted by molar-refractivity contribution is -0.115. The normalized spacial score (nSPS) is 13.8. The summed E-state index contributed by atoms with van der Waals surface area (Å²) in [4.78, 5) is 11.1. The smallest absolute Gasteiger partial charge is 0.228 e. The molecular weight excluding hydrogens is 166 g/mol. The van der Waals surface area contributed by atoms with Gasteiger partial charge in [0.2, 0.25) is 5.91 Å². The minimum absolute atomic E-state index is 0.0437. The Morgan fingerprint density at radius 3 is 3.15 bits per heavy atom. The predicted molar refractivity (Wildman–Crippen MR) is 49.9 cm³/mol. The first-order valence-electron chi connectivity index (χ1n) is 4.36. The van der Waals surface area contributed by atoms with Crippen molar-refractivity contribution in [3.8, 4) is 5.75 Å². The van der Waals surface area contributed by atoms with E-state index in [2.05, 4.69) is 5.32 Å². The van der Waals surface area contributed by atoms with Gasteiger partial charge in [-0.1, -0.05) is 12.1 Å². The number of para-hydroxylation sites is 1. The summed E-state index contributed by atoms with van der Waals surface area (Å²) in [6.45, 7) is 2.54. The summed E-state index contributed by atoms with van der Waals surface area (Å²) in [7, 11) is 0. The topological polar surface area (TPSA) is 38.3 Å². The van der Waals surface area contributed by atoms with Crippen LogP contribution < -0.4 is 10.1 Å². The Morgan fingerprint density at radius 2 is 2.38 bits per heavy atom. The second-order valence-corrected chi connectivity index (χ2v) is 2.95. The van der Waals surface area contributed by atoms with Gasteiger partial charge in [-0.3, -0.25) is 4.79 Å². The van der Waals surface area contributed by atoms with Crippen LogP contribution in [0, 0.1) is 0 Å². The molecule has 0 radical (unpaired) electrons. The fourth-order valence-electron chi connectivity index (χ4n) is 1.50. The fourth-order valence-corrected chi connectivity index (χ4v) is 1.50. The number of amides is 1. The summed E-state index contributed by atoms with van der Waals surface area (Å²) in [5, 5.41) is 2.79. The first kappa shape index (κ1) is 8.10. The Morgan fingerprint density at radius 1 is 1.54 bits per heavy atom. The molecule has 0 aliphatic carbocycles. The van der Waals surface area contributed by atoms with Crippen molar-refractivity contribution in [2.75, 3.05) is 11.9 Å². The minimum Gasteiger partial charge on any atom is -0.492 e. The van der Waals surface area contributed by atoms with Crippen molar-refractivity contribution in [1.29, 1.82) is 0 Å². The van der Waals surface area contributed by atoms with Crippen LogP contribution in [0.2, 0.25) is 0 Å². The SMILES string of the molecule is CCOc1cccc2c1NC(=O)C2. The van der Waals surface area contributed by atoms with Crippen molar-refractivity contribution in [3.05, 3.63) is 23.8 Å². The van der Waals surface area contributed by atoms with E-state index >= 15 is 0 Å². The highest BCUT2D eigenvalue weighted by Gasteiger charge is 2.20. The molecule has 1 heterocycles. The van der Waals surface area contributed by atoms with Crippen LogP contribution in [0.4, 0.5) is 5.69 Å². The first-order valence-corrected chi connectivity index (χ1v) is 4.36. The van der Waals surface area contributed by atoms with Crippen LogP contribution in [-0.2, 0) is 11.2 Å². The van der Waals surface area contributed by atoms with Crippen LogP contribution in [0.15, 0.2) is 18.2 Å². The van der Waals surface area contributed by atoms with E-state index in [-0.39, 0.29) is 5.91 Å². The third kappa shape index (κ3) is 1.37. The molecule has 1 aliphatic heterocycles. The van der Waals surface area contributed by atoms with Crippen LogP contribution in [0.25, 0.3) is 0 Å². The second-order valence-electron chi connectivity index (χ2n) is 2.95. The van der Waals surface area contributed by atoms with Gasteiger partial charge in [0.15, 0.2) is 0 Å². The summed E-state index contributed by atoms with van der Waals surface area (Å²) < 4.78 is 5.38. The van der Waals surface area contributed by atoms with Gasteiger partial charge in [-0.25, -0.2) is 0 Å². The largest absolute Gasteiger partial charge is 0.492 e. The van der Waals surface area contributed by atoms with Crippen molar-refractivity contribution in [2.24, 2.45) is 0 Å². The number of hydrogen-bond acceptors (Lipinski definition) is 2. The zero-order valence-electron chi connectivity index (χ0n) is 7.46. The van der Waals surface area contributed by atoms with Gasteiger partial charge in [0.05, 0.1) is 18.7 Å². The Labute approximate surface area is 76.7 Å². The third-order valence-electron chi connectivity index (χ3n) is 2.03. The van der Waals surface area contributed by atoms with E-state index in [0.29, 0.717) is 13.0 Å². The summed E-state index contributed by atoms with van der Waals surface area (Å²) in [6, 6.07) is 5.72. The van der Waals surface area contributed by atoms with Crippen LogP contribution in [-0.4, -0.2) is 12.5 Å². The van der Waals surface area contributed by atoms with E-state index in [0.717, 1.165) is 17.0 Å². The van der Waals surface area contributed by atoms with Gasteiger partial charge in [-0.05, 0) is 18.6 Å². The molecule has 3 heteroatoms. The molecule has 0 aromatic heterocycles. The lowest BCUT2D eigenvalue weighted by atomic mass is 10.1. The van der Waals surface area contributed by atoms with Crippen molar-refractivity contribution in [1.82, 2.24) is 0 Å². The summed E-state index contributed by atoms with van der Waals surface area (Å²) >= 11 is 0. The van der Waals surface area contributed by atoms with Crippen LogP contribution in [0.5, 0.6) is 5.75 Å². The zero-order valence-corrected chi connectivity index (χ0v) is 7.46. The van der Waals surface area contributed by atoms with Gasteiger partial charge in [-0.2, -0.15) is 0 Å². The van der Waals surface area contributed by atoms with Gasteiger partial charge < -0.3 is 10.1 Å². The molecule has 0 saturated heterocycles. The predicted octanol–water partition coefficient (Wildman–Crippen LogP) is 1.58. The molecule has 13 heavy (non-hydrogen) atoms. The van der Waals surface area contributed by atoms with Crippen molar-refractivity contribution in [2.45, 2.75) is 13.3 Å². The lowest BCUT2D eigenvalue weighted by Gasteiger charge is -2.07. The van der Waals surface area contributed by atoms with E-state index in [1.54, 1.807) is 0 Å². The highest BCUT2D eigenvalue weighted by Crippen LogP contribution is 2.32. The minimum atomic E-state index is 0.0437. The number of hydrogen-bond donors (Lipinski definition) is 1. The molecule has 0 unspecified atom stereocenters. The zero-order chi connectivity index (χ0) is 9.26. The fraction of sp³-hybridized carbons (Fsp3) is 0.300. The highest BCUT2D eigenvalue weighted by molar-refractivity contribution is 6.00. The van der Waals surface area contributed by atoms with Crippen molar-refractivity contribution < 1.29 is 9.53 Å². The van der Waals surface area contributed by atoms with E-state index in [1.165, 1.54) is 0 Å². The molecule has 0 atom stereocenters. The molecule has 1 aromatic rings. The molecule has 1 aliphatic rings. The molecule has 0 bridgehead atoms. The quantitative estimate of drug-likeness (QED) is 0.744. The van der Waals surface area contributed by atoms with Crippen LogP contribution in [0.1, 0.15) is 12.5 Å². The van der Waals surface area contributed by atoms with E-state index < -0.39 is 0 Å². The summed E-state index contributed by atoms with van der Waals surface area (Å²) in [6.07, 6.45) is 0.468. The van der Waals surface area contributed by atoms with Crippen LogP contribution >= 0.6 is 0 Å². The number of fused-ring (bicyclic) bond motifs is 1. The Kier molecular flexibility index (Phi) is 1.93. The summed E-state index contributed by atoms with van der Waals surface area (Å²) in [5.74, 6) is 0.813. The van der Waals surface area contributed by atoms with Gasteiger partial charge in [0, 0.05) is 0 Å². The van der Waals surface area contributed by atoms with Crippen molar-refractivity contribution >= 4 is 11.6 Å². The maximum absolute atomic E-state index is 11.1. The molecule has 68 valence electrons. The van der Waals surface area contributed by atoms with Gasteiger partial charge in [0.25, 0.3) is 0 Å². The highest BCUT2D eigenvalue weighted by atomic mass is 16.5. The standard InChI is InChI=1S/C10H11NO2/c1-2-13-8-5-3-4-7-6-9(12)11-10(7)8/h3-5H,2,6H2,1H3,(H,11,12). The monoisotopic (exact) mass is 177 g/mol.